The third-order valence-electron chi connectivity index (χ3n) is 9.15. The molecule has 0 unspecified atom stereocenters. The second kappa shape index (κ2) is 11.4. The van der Waals surface area contributed by atoms with Gasteiger partial charge in [-0.2, -0.15) is 0 Å². The van der Waals surface area contributed by atoms with Gasteiger partial charge in [0, 0.05) is 38.2 Å². The zero-order chi connectivity index (χ0) is 37.4. The van der Waals surface area contributed by atoms with Gasteiger partial charge in [0.25, 0.3) is 0 Å². The van der Waals surface area contributed by atoms with E-state index in [1.807, 2.05) is 66.7 Å². The van der Waals surface area contributed by atoms with Crippen molar-refractivity contribution in [2.45, 2.75) is 0 Å². The molecule has 3 heterocycles. The van der Waals surface area contributed by atoms with Crippen molar-refractivity contribution < 1.29 is 11.3 Å². The summed E-state index contributed by atoms with van der Waals surface area (Å²) < 4.78 is 50.9. The van der Waals surface area contributed by atoms with Crippen LogP contribution in [0.2, 0.25) is 0 Å². The van der Waals surface area contributed by atoms with Crippen molar-refractivity contribution in [3.63, 3.8) is 0 Å². The predicted octanol–water partition coefficient (Wildman–Crippen LogP) is 11.5. The van der Waals surface area contributed by atoms with Crippen LogP contribution in [0.25, 0.3) is 94.7 Å². The topological polar surface area (TPSA) is 56.7 Å². The van der Waals surface area contributed by atoms with Crippen molar-refractivity contribution in [1.29, 1.82) is 0 Å². The van der Waals surface area contributed by atoms with Gasteiger partial charge in [0.05, 0.1) is 23.6 Å². The summed E-state index contributed by atoms with van der Waals surface area (Å²) in [7, 11) is 0. The SMILES string of the molecule is [2H]c1c([2H])c([2H])c(-c2nc(-c3ccccc3)nc(-c3ccc4oc5c(-n6c7ccccc7c7ccc(-c8ccccc8)cc76)cccc5c4c3)n2)c([2H])c1[2H]. The van der Waals surface area contributed by atoms with Gasteiger partial charge in [-0.15, -0.1) is 0 Å². The molecule has 0 atom stereocenters. The summed E-state index contributed by atoms with van der Waals surface area (Å²) in [6, 6.07) is 44.4. The van der Waals surface area contributed by atoms with Crippen molar-refractivity contribution in [3.05, 3.63) is 170 Å². The zero-order valence-electron chi connectivity index (χ0n) is 31.5. The Labute approximate surface area is 294 Å². The van der Waals surface area contributed by atoms with Crippen LogP contribution >= 0.6 is 0 Å². The molecular formula is C45H28N4O. The van der Waals surface area contributed by atoms with Crippen LogP contribution < -0.4 is 0 Å². The first-order chi connectivity index (χ1) is 26.9. The number of rotatable bonds is 5. The van der Waals surface area contributed by atoms with Crippen molar-refractivity contribution in [1.82, 2.24) is 19.5 Å². The molecule has 7 aromatic carbocycles. The molecule has 0 spiro atoms. The van der Waals surface area contributed by atoms with Crippen molar-refractivity contribution in [2.75, 3.05) is 0 Å². The average Bonchev–Trinajstić information content (AvgIpc) is 3.78. The number of benzene rings is 7. The summed E-state index contributed by atoms with van der Waals surface area (Å²) in [5, 5.41) is 4.05. The Balaban J connectivity index is 1.18. The smallest absolute Gasteiger partial charge is 0.164 e. The summed E-state index contributed by atoms with van der Waals surface area (Å²) in [6.45, 7) is 0. The van der Waals surface area contributed by atoms with E-state index in [-0.39, 0.29) is 23.5 Å². The first-order valence-corrected chi connectivity index (χ1v) is 16.3. The maximum atomic E-state index is 8.65. The lowest BCUT2D eigenvalue weighted by Crippen LogP contribution is -2.00. The lowest BCUT2D eigenvalue weighted by molar-refractivity contribution is 0.666. The molecule has 10 aromatic rings. The first kappa shape index (κ1) is 23.5. The van der Waals surface area contributed by atoms with E-state index in [4.69, 9.17) is 21.2 Å². The maximum absolute atomic E-state index is 8.65. The molecule has 0 radical (unpaired) electrons. The third kappa shape index (κ3) is 4.60. The molecule has 10 rings (SSSR count). The molecular weight excluding hydrogens is 613 g/mol. The third-order valence-corrected chi connectivity index (χ3v) is 9.15. The molecule has 3 aromatic heterocycles. The summed E-state index contributed by atoms with van der Waals surface area (Å²) in [5.74, 6) is 0.591. The molecule has 5 nitrogen and oxygen atoms in total. The molecule has 234 valence electrons. The van der Waals surface area contributed by atoms with E-state index in [0.29, 0.717) is 28.4 Å². The van der Waals surface area contributed by atoms with Gasteiger partial charge < -0.3 is 8.98 Å². The van der Waals surface area contributed by atoms with E-state index in [0.717, 1.165) is 55.0 Å². The highest BCUT2D eigenvalue weighted by atomic mass is 16.3. The number of aromatic nitrogens is 4. The Bertz CT molecular complexity index is 3130. The van der Waals surface area contributed by atoms with Crippen LogP contribution in [0.1, 0.15) is 6.85 Å². The van der Waals surface area contributed by atoms with Crippen LogP contribution in [0.15, 0.2) is 174 Å². The quantitative estimate of drug-likeness (QED) is 0.187. The summed E-state index contributed by atoms with van der Waals surface area (Å²) in [5.41, 5.74) is 7.95. The van der Waals surface area contributed by atoms with Gasteiger partial charge in [-0.1, -0.05) is 133 Å². The lowest BCUT2D eigenvalue weighted by Gasteiger charge is -2.10. The van der Waals surface area contributed by atoms with Gasteiger partial charge in [-0.05, 0) is 47.5 Å². The van der Waals surface area contributed by atoms with Gasteiger partial charge in [0.2, 0.25) is 0 Å². The molecule has 0 fully saturated rings. The van der Waals surface area contributed by atoms with Gasteiger partial charge in [0.1, 0.15) is 5.58 Å². The van der Waals surface area contributed by atoms with Gasteiger partial charge in [0.15, 0.2) is 23.1 Å². The second-order valence-corrected chi connectivity index (χ2v) is 12.1. The van der Waals surface area contributed by atoms with Crippen LogP contribution in [0.5, 0.6) is 0 Å². The largest absolute Gasteiger partial charge is 0.454 e. The van der Waals surface area contributed by atoms with Crippen LogP contribution in [-0.2, 0) is 0 Å². The van der Waals surface area contributed by atoms with Crippen LogP contribution in [-0.4, -0.2) is 19.5 Å². The van der Waals surface area contributed by atoms with E-state index < -0.39 is 18.1 Å². The Morgan fingerprint density at radius 2 is 1.08 bits per heavy atom. The minimum Gasteiger partial charge on any atom is -0.454 e. The monoisotopic (exact) mass is 645 g/mol. The average molecular weight is 646 g/mol. The molecule has 0 bridgehead atoms. The molecule has 0 aliphatic rings. The normalized spacial score (nSPS) is 13.0. The molecule has 5 heteroatoms. The Kier molecular flexibility index (Phi) is 5.35. The number of para-hydroxylation sites is 2. The second-order valence-electron chi connectivity index (χ2n) is 12.1. The highest BCUT2D eigenvalue weighted by Gasteiger charge is 2.19. The molecule has 0 saturated carbocycles. The van der Waals surface area contributed by atoms with E-state index >= 15 is 0 Å². The minimum absolute atomic E-state index is 0.0125. The number of hydrogen-bond acceptors (Lipinski definition) is 4. The van der Waals surface area contributed by atoms with Crippen molar-refractivity contribution >= 4 is 43.7 Å². The molecule has 0 N–H and O–H groups in total. The zero-order valence-corrected chi connectivity index (χ0v) is 26.5. The van der Waals surface area contributed by atoms with Gasteiger partial charge >= 0.3 is 0 Å². The lowest BCUT2D eigenvalue weighted by atomic mass is 10.0. The molecule has 0 saturated heterocycles. The fourth-order valence-electron chi connectivity index (χ4n) is 6.83. The van der Waals surface area contributed by atoms with E-state index in [2.05, 4.69) is 82.3 Å². The molecule has 50 heavy (non-hydrogen) atoms. The van der Waals surface area contributed by atoms with Crippen molar-refractivity contribution in [2.24, 2.45) is 0 Å². The Morgan fingerprint density at radius 3 is 1.88 bits per heavy atom. The highest BCUT2D eigenvalue weighted by Crippen LogP contribution is 2.40. The van der Waals surface area contributed by atoms with Crippen LogP contribution in [0.3, 0.4) is 0 Å². The Morgan fingerprint density at radius 1 is 0.440 bits per heavy atom. The molecule has 0 amide bonds. The van der Waals surface area contributed by atoms with Gasteiger partial charge in [-0.25, -0.2) is 15.0 Å². The Hall–Kier alpha value is -6.85. The number of fused-ring (bicyclic) bond motifs is 6. The fraction of sp³-hybridized carbons (Fsp3) is 0. The maximum Gasteiger partial charge on any atom is 0.164 e. The first-order valence-electron chi connectivity index (χ1n) is 18.8. The van der Waals surface area contributed by atoms with Crippen LogP contribution in [0.4, 0.5) is 0 Å². The molecule has 0 aliphatic carbocycles. The molecule has 0 aliphatic heterocycles. The highest BCUT2D eigenvalue weighted by molar-refractivity contribution is 6.13. The van der Waals surface area contributed by atoms with Crippen molar-refractivity contribution in [3.8, 4) is 51.0 Å². The predicted molar refractivity (Wildman–Crippen MR) is 203 cm³/mol. The van der Waals surface area contributed by atoms with E-state index in [9.17, 15) is 0 Å². The van der Waals surface area contributed by atoms with Crippen LogP contribution in [0, 0.1) is 0 Å². The standard InChI is InChI=1S/C45H28N4O/c1-4-13-29(14-5-1)32-23-25-35-34-19-10-11-21-38(34)49(40(35)28-32)39-22-12-20-36-37-27-33(24-26-41(37)50-42(36)39)45-47-43(30-15-6-2-7-16-30)46-44(48-45)31-17-8-3-9-18-31/h1-28H/i2D,6D,7D,15D,16D. The minimum atomic E-state index is -0.481. The number of hydrogen-bond donors (Lipinski definition) is 0. The summed E-state index contributed by atoms with van der Waals surface area (Å²) >= 11 is 0. The van der Waals surface area contributed by atoms with E-state index in [1.165, 1.54) is 0 Å². The summed E-state index contributed by atoms with van der Waals surface area (Å²) in [4.78, 5) is 14.2. The summed E-state index contributed by atoms with van der Waals surface area (Å²) in [6.07, 6.45) is 0. The number of furan rings is 1. The van der Waals surface area contributed by atoms with E-state index in [1.54, 1.807) is 0 Å². The van der Waals surface area contributed by atoms with Gasteiger partial charge in [-0.3, -0.25) is 0 Å². The number of nitrogens with zero attached hydrogens (tertiary/aromatic N) is 4. The fourth-order valence-corrected chi connectivity index (χ4v) is 6.83.